The monoisotopic (exact) mass is 414 g/mol. The van der Waals surface area contributed by atoms with Crippen molar-refractivity contribution in [3.8, 4) is 11.8 Å². The van der Waals surface area contributed by atoms with Crippen LogP contribution >= 0.6 is 0 Å². The molecule has 162 valence electrons. The lowest BCUT2D eigenvalue weighted by Crippen LogP contribution is -2.47. The number of aryl methyl sites for hydroxylation is 1. The van der Waals surface area contributed by atoms with E-state index in [2.05, 4.69) is 5.32 Å². The molecule has 0 aliphatic carbocycles. The lowest BCUT2D eigenvalue weighted by Gasteiger charge is -2.33. The number of amides is 2. The maximum Gasteiger partial charge on any atom is 0.409 e. The highest BCUT2D eigenvalue weighted by Crippen LogP contribution is 2.26. The van der Waals surface area contributed by atoms with Crippen LogP contribution in [0.2, 0.25) is 0 Å². The average Bonchev–Trinajstić information content (AvgIpc) is 2.73. The van der Waals surface area contributed by atoms with Gasteiger partial charge in [0, 0.05) is 37.9 Å². The van der Waals surface area contributed by atoms with Crippen molar-refractivity contribution in [2.24, 2.45) is 0 Å². The Morgan fingerprint density at radius 2 is 1.93 bits per heavy atom. The van der Waals surface area contributed by atoms with E-state index in [0.717, 1.165) is 11.1 Å². The summed E-state index contributed by atoms with van der Waals surface area (Å²) in [6.45, 7) is 10.4. The van der Waals surface area contributed by atoms with Gasteiger partial charge in [-0.25, -0.2) is 4.79 Å². The standard InChI is InChI=1S/C22H30N4O4/c1-5-29-20-8-7-16(3)13-19(20)17(4)24-21(27)18(14-23)15-25-9-11-26(12-10-25)22(28)30-6-2/h7-8,13,15,17H,5-6,9-12H2,1-4H3,(H,24,27)/b18-15-. The Balaban J connectivity index is 2.02. The Kier molecular flexibility index (Phi) is 8.54. The van der Waals surface area contributed by atoms with Crippen molar-refractivity contribution in [2.75, 3.05) is 39.4 Å². The van der Waals surface area contributed by atoms with Crippen LogP contribution in [0.4, 0.5) is 4.79 Å². The number of hydrogen-bond acceptors (Lipinski definition) is 6. The zero-order valence-corrected chi connectivity index (χ0v) is 18.1. The number of benzene rings is 1. The van der Waals surface area contributed by atoms with Crippen molar-refractivity contribution >= 4 is 12.0 Å². The van der Waals surface area contributed by atoms with Crippen LogP contribution in [0.15, 0.2) is 30.0 Å². The van der Waals surface area contributed by atoms with Crippen LogP contribution in [-0.2, 0) is 9.53 Å². The molecule has 8 nitrogen and oxygen atoms in total. The van der Waals surface area contributed by atoms with Crippen molar-refractivity contribution in [1.82, 2.24) is 15.1 Å². The zero-order valence-electron chi connectivity index (χ0n) is 18.1. The SMILES string of the molecule is CCOC(=O)N1CCN(/C=C(/C#N)C(=O)NC(C)c2cc(C)ccc2OCC)CC1. The fourth-order valence-electron chi connectivity index (χ4n) is 3.21. The number of nitriles is 1. The summed E-state index contributed by atoms with van der Waals surface area (Å²) >= 11 is 0. The first-order valence-electron chi connectivity index (χ1n) is 10.2. The quantitative estimate of drug-likeness (QED) is 0.545. The molecule has 0 spiro atoms. The van der Waals surface area contributed by atoms with Gasteiger partial charge in [0.25, 0.3) is 5.91 Å². The number of ether oxygens (including phenoxy) is 2. The first-order valence-corrected chi connectivity index (χ1v) is 10.2. The van der Waals surface area contributed by atoms with Crippen LogP contribution in [-0.4, -0.2) is 61.2 Å². The molecule has 1 aromatic rings. The van der Waals surface area contributed by atoms with E-state index in [0.29, 0.717) is 45.1 Å². The van der Waals surface area contributed by atoms with Crippen molar-refractivity contribution in [3.63, 3.8) is 0 Å². The molecule has 30 heavy (non-hydrogen) atoms. The summed E-state index contributed by atoms with van der Waals surface area (Å²) in [5, 5.41) is 12.4. The van der Waals surface area contributed by atoms with Gasteiger partial charge in [-0.3, -0.25) is 4.79 Å². The van der Waals surface area contributed by atoms with E-state index in [1.165, 1.54) is 0 Å². The Morgan fingerprint density at radius 3 is 2.53 bits per heavy atom. The number of carbonyl (C=O) groups excluding carboxylic acids is 2. The summed E-state index contributed by atoms with van der Waals surface area (Å²) < 4.78 is 10.7. The molecule has 8 heteroatoms. The van der Waals surface area contributed by atoms with E-state index < -0.39 is 5.91 Å². The molecule has 1 unspecified atom stereocenters. The third-order valence-corrected chi connectivity index (χ3v) is 4.80. The maximum absolute atomic E-state index is 12.7. The lowest BCUT2D eigenvalue weighted by molar-refractivity contribution is -0.117. The van der Waals surface area contributed by atoms with Crippen LogP contribution in [0.5, 0.6) is 5.75 Å². The second-order valence-corrected chi connectivity index (χ2v) is 7.05. The molecule has 1 aliphatic heterocycles. The van der Waals surface area contributed by atoms with Crippen molar-refractivity contribution in [3.05, 3.63) is 41.1 Å². The third-order valence-electron chi connectivity index (χ3n) is 4.80. The Morgan fingerprint density at radius 1 is 1.23 bits per heavy atom. The van der Waals surface area contributed by atoms with E-state index in [1.807, 2.05) is 49.9 Å². The molecule has 2 rings (SSSR count). The van der Waals surface area contributed by atoms with E-state index in [9.17, 15) is 14.9 Å². The molecule has 1 aliphatic rings. The topological polar surface area (TPSA) is 94.9 Å². The summed E-state index contributed by atoms with van der Waals surface area (Å²) in [6.07, 6.45) is 1.22. The summed E-state index contributed by atoms with van der Waals surface area (Å²) in [5.74, 6) is 0.273. The summed E-state index contributed by atoms with van der Waals surface area (Å²) in [4.78, 5) is 28.0. The Labute approximate surface area is 178 Å². The smallest absolute Gasteiger partial charge is 0.409 e. The minimum absolute atomic E-state index is 0.0250. The van der Waals surface area contributed by atoms with Crippen molar-refractivity contribution in [1.29, 1.82) is 5.26 Å². The molecule has 1 saturated heterocycles. The maximum atomic E-state index is 12.7. The van der Waals surface area contributed by atoms with Gasteiger partial charge >= 0.3 is 6.09 Å². The summed E-state index contributed by atoms with van der Waals surface area (Å²) in [6, 6.07) is 7.48. The highest BCUT2D eigenvalue weighted by Gasteiger charge is 2.22. The number of carbonyl (C=O) groups is 2. The van der Waals surface area contributed by atoms with Gasteiger partial charge < -0.3 is 24.6 Å². The number of rotatable bonds is 7. The molecule has 1 atom stereocenters. The molecular weight excluding hydrogens is 384 g/mol. The van der Waals surface area contributed by atoms with Crippen LogP contribution < -0.4 is 10.1 Å². The van der Waals surface area contributed by atoms with Crippen molar-refractivity contribution in [2.45, 2.75) is 33.7 Å². The molecule has 2 amide bonds. The number of nitrogens with zero attached hydrogens (tertiary/aromatic N) is 3. The molecule has 0 bridgehead atoms. The average molecular weight is 415 g/mol. The molecular formula is C22H30N4O4. The first kappa shape index (κ1) is 23.1. The van der Waals surface area contributed by atoms with E-state index >= 15 is 0 Å². The largest absolute Gasteiger partial charge is 0.494 e. The van der Waals surface area contributed by atoms with Crippen LogP contribution in [0.1, 0.15) is 37.9 Å². The van der Waals surface area contributed by atoms with E-state index in [-0.39, 0.29) is 17.7 Å². The molecule has 1 N–H and O–H groups in total. The minimum Gasteiger partial charge on any atom is -0.494 e. The predicted molar refractivity (Wildman–Crippen MR) is 113 cm³/mol. The second kappa shape index (κ2) is 11.1. The van der Waals surface area contributed by atoms with Gasteiger partial charge in [-0.2, -0.15) is 5.26 Å². The number of piperazine rings is 1. The lowest BCUT2D eigenvalue weighted by atomic mass is 10.0. The van der Waals surface area contributed by atoms with Crippen LogP contribution in [0, 0.1) is 18.3 Å². The molecule has 1 aromatic carbocycles. The van der Waals surface area contributed by atoms with Gasteiger partial charge in [-0.05, 0) is 33.8 Å². The fourth-order valence-corrected chi connectivity index (χ4v) is 3.21. The highest BCUT2D eigenvalue weighted by molar-refractivity contribution is 5.97. The molecule has 1 heterocycles. The Hall–Kier alpha value is -3.21. The predicted octanol–water partition coefficient (Wildman–Crippen LogP) is 2.75. The third kappa shape index (κ3) is 6.14. The normalized spacial score (nSPS) is 15.2. The number of nitrogens with one attached hydrogen (secondary N) is 1. The van der Waals surface area contributed by atoms with Gasteiger partial charge in [0.05, 0.1) is 19.3 Å². The minimum atomic E-state index is -0.443. The molecule has 0 radical (unpaired) electrons. The number of hydrogen-bond donors (Lipinski definition) is 1. The first-order chi connectivity index (χ1) is 14.4. The molecule has 0 aromatic heterocycles. The summed E-state index contributed by atoms with van der Waals surface area (Å²) in [7, 11) is 0. The van der Waals surface area contributed by atoms with Gasteiger partial charge in [0.15, 0.2) is 0 Å². The van der Waals surface area contributed by atoms with Gasteiger partial charge in [-0.1, -0.05) is 17.7 Å². The zero-order chi connectivity index (χ0) is 22.1. The Bertz CT molecular complexity index is 823. The van der Waals surface area contributed by atoms with E-state index in [1.54, 1.807) is 18.0 Å². The van der Waals surface area contributed by atoms with Crippen LogP contribution in [0.3, 0.4) is 0 Å². The van der Waals surface area contributed by atoms with Crippen LogP contribution in [0.25, 0.3) is 0 Å². The van der Waals surface area contributed by atoms with Crippen molar-refractivity contribution < 1.29 is 19.1 Å². The van der Waals surface area contributed by atoms with Gasteiger partial charge in [0.2, 0.25) is 0 Å². The van der Waals surface area contributed by atoms with Gasteiger partial charge in [-0.15, -0.1) is 0 Å². The second-order valence-electron chi connectivity index (χ2n) is 7.05. The van der Waals surface area contributed by atoms with E-state index in [4.69, 9.17) is 9.47 Å². The molecule has 1 fully saturated rings. The highest BCUT2D eigenvalue weighted by atomic mass is 16.6. The fraction of sp³-hybridized carbons (Fsp3) is 0.500. The molecule has 0 saturated carbocycles. The summed E-state index contributed by atoms with van der Waals surface area (Å²) in [5.41, 5.74) is 1.95. The van der Waals surface area contributed by atoms with Gasteiger partial charge in [0.1, 0.15) is 17.4 Å².